The lowest BCUT2D eigenvalue weighted by molar-refractivity contribution is 0.276. The van der Waals surface area contributed by atoms with Crippen molar-refractivity contribution >= 4 is 43.2 Å². The van der Waals surface area contributed by atoms with Crippen molar-refractivity contribution in [3.63, 3.8) is 0 Å². The van der Waals surface area contributed by atoms with Gasteiger partial charge in [-0.3, -0.25) is 4.40 Å². The highest BCUT2D eigenvalue weighted by Gasteiger charge is 2.22. The van der Waals surface area contributed by atoms with Crippen LogP contribution in [0.2, 0.25) is 0 Å². The molecule has 9 heteroatoms. The van der Waals surface area contributed by atoms with E-state index in [4.69, 9.17) is 9.72 Å². The van der Waals surface area contributed by atoms with Gasteiger partial charge in [0.05, 0.1) is 29.4 Å². The zero-order valence-corrected chi connectivity index (χ0v) is 22.5. The van der Waals surface area contributed by atoms with Crippen molar-refractivity contribution in [1.82, 2.24) is 18.8 Å². The second kappa shape index (κ2) is 10.6. The summed E-state index contributed by atoms with van der Waals surface area (Å²) in [6.45, 7) is 0.418. The van der Waals surface area contributed by atoms with Crippen LogP contribution in [0, 0.1) is 0 Å². The Kier molecular flexibility index (Phi) is 7.25. The molecular weight excluding hydrogens is 612 g/mol. The molecule has 0 amide bonds. The Labute approximate surface area is 236 Å². The van der Waals surface area contributed by atoms with Gasteiger partial charge in [-0.15, -0.1) is 0 Å². The van der Waals surface area contributed by atoms with E-state index in [-0.39, 0.29) is 19.8 Å². The van der Waals surface area contributed by atoms with Gasteiger partial charge < -0.3 is 19.4 Å². The summed E-state index contributed by atoms with van der Waals surface area (Å²) >= 11 is 6.87. The molecule has 0 spiro atoms. The van der Waals surface area contributed by atoms with E-state index in [0.29, 0.717) is 23.6 Å². The maximum absolute atomic E-state index is 9.98. The second-order valence-corrected chi connectivity index (χ2v) is 10.3. The van der Waals surface area contributed by atoms with Gasteiger partial charge in [0.15, 0.2) is 0 Å². The minimum atomic E-state index is -0.146. The highest BCUT2D eigenvalue weighted by atomic mass is 79.9. The summed E-state index contributed by atoms with van der Waals surface area (Å²) in [5, 5.41) is 19.6. The molecule has 0 bridgehead atoms. The van der Waals surface area contributed by atoms with Crippen molar-refractivity contribution in [3.05, 3.63) is 106 Å². The Hall–Kier alpha value is -3.66. The van der Waals surface area contributed by atoms with Gasteiger partial charge in [-0.05, 0) is 60.7 Å². The highest BCUT2D eigenvalue weighted by molar-refractivity contribution is 9.10. The SMILES string of the molecule is Brc1ccc2c(c1)-c1nc3ccccn3c1CO2.C.OCc1c(-c2cc(Br)ccc2O)nc2ccccn12. The molecule has 0 unspecified atom stereocenters. The van der Waals surface area contributed by atoms with E-state index in [1.54, 1.807) is 18.2 Å². The van der Waals surface area contributed by atoms with Crippen LogP contribution in [0.25, 0.3) is 33.8 Å². The summed E-state index contributed by atoms with van der Waals surface area (Å²) in [6, 6.07) is 22.8. The first-order chi connectivity index (χ1) is 18.0. The lowest BCUT2D eigenvalue weighted by Crippen LogP contribution is -2.06. The van der Waals surface area contributed by atoms with Gasteiger partial charge in [0.2, 0.25) is 0 Å². The Balaban J connectivity index is 0.000000151. The summed E-state index contributed by atoms with van der Waals surface area (Å²) in [7, 11) is 0. The van der Waals surface area contributed by atoms with Crippen molar-refractivity contribution in [3.8, 4) is 34.0 Å². The van der Waals surface area contributed by atoms with Crippen molar-refractivity contribution in [1.29, 1.82) is 0 Å². The van der Waals surface area contributed by atoms with Crippen LogP contribution in [0.1, 0.15) is 18.8 Å². The zero-order chi connectivity index (χ0) is 25.5. The maximum atomic E-state index is 9.98. The number of benzene rings is 2. The van der Waals surface area contributed by atoms with E-state index >= 15 is 0 Å². The van der Waals surface area contributed by atoms with E-state index in [1.807, 2.05) is 65.3 Å². The van der Waals surface area contributed by atoms with Crippen LogP contribution in [0.5, 0.6) is 11.5 Å². The summed E-state index contributed by atoms with van der Waals surface area (Å²) in [4.78, 5) is 9.18. The van der Waals surface area contributed by atoms with Gasteiger partial charge in [0.1, 0.15) is 29.4 Å². The summed E-state index contributed by atoms with van der Waals surface area (Å²) < 4.78 is 11.6. The summed E-state index contributed by atoms with van der Waals surface area (Å²) in [5.74, 6) is 1.04. The number of fused-ring (bicyclic) bond motifs is 6. The topological polar surface area (TPSA) is 84.3 Å². The molecule has 1 aliphatic heterocycles. The van der Waals surface area contributed by atoms with Gasteiger partial charge in [0.25, 0.3) is 0 Å². The van der Waals surface area contributed by atoms with Crippen LogP contribution in [0.3, 0.4) is 0 Å². The van der Waals surface area contributed by atoms with Crippen LogP contribution in [-0.4, -0.2) is 29.0 Å². The third-order valence-corrected chi connectivity index (χ3v) is 7.17. The standard InChI is InChI=1S/C14H11BrN2O2.C14H9BrN2O.CH4/c15-9-4-5-12(19)10(7-9)14-11(8-18)17-6-2-1-3-13(17)16-14;15-9-4-5-12-10(7-9)14-11(8-18-12)17-6-2-1-3-13(17)16-14;/h1-7,18-19H,8H2;1-7H,8H2;1H4. The van der Waals surface area contributed by atoms with E-state index in [0.717, 1.165) is 42.9 Å². The van der Waals surface area contributed by atoms with Crippen molar-refractivity contribution in [2.75, 3.05) is 0 Å². The number of nitrogens with zero attached hydrogens (tertiary/aromatic N) is 4. The van der Waals surface area contributed by atoms with Gasteiger partial charge in [-0.1, -0.05) is 51.4 Å². The van der Waals surface area contributed by atoms with E-state index in [2.05, 4.69) is 47.3 Å². The number of ether oxygens (including phenoxy) is 1. The average Bonchev–Trinajstić information content (AvgIpc) is 3.49. The fraction of sp³-hybridized carbons (Fsp3) is 0.103. The molecule has 7 nitrogen and oxygen atoms in total. The molecule has 5 heterocycles. The van der Waals surface area contributed by atoms with E-state index in [9.17, 15) is 10.2 Å². The monoisotopic (exact) mass is 634 g/mol. The van der Waals surface area contributed by atoms with Gasteiger partial charge in [-0.2, -0.15) is 0 Å². The molecule has 192 valence electrons. The fourth-order valence-corrected chi connectivity index (χ4v) is 5.19. The van der Waals surface area contributed by atoms with Crippen LogP contribution in [0.4, 0.5) is 0 Å². The second-order valence-electron chi connectivity index (χ2n) is 8.42. The molecule has 7 rings (SSSR count). The number of halogens is 2. The largest absolute Gasteiger partial charge is 0.507 e. The number of hydrogen-bond donors (Lipinski definition) is 2. The molecule has 0 saturated heterocycles. The Morgan fingerprint density at radius 3 is 2.16 bits per heavy atom. The number of aliphatic hydroxyl groups excluding tert-OH is 1. The number of imidazole rings is 2. The van der Waals surface area contributed by atoms with E-state index < -0.39 is 0 Å². The zero-order valence-electron chi connectivity index (χ0n) is 19.3. The number of rotatable bonds is 2. The first kappa shape index (κ1) is 26.0. The van der Waals surface area contributed by atoms with Crippen LogP contribution in [-0.2, 0) is 13.2 Å². The fourth-order valence-electron chi connectivity index (χ4n) is 4.47. The Morgan fingerprint density at radius 1 is 0.789 bits per heavy atom. The smallest absolute Gasteiger partial charge is 0.137 e. The molecule has 38 heavy (non-hydrogen) atoms. The molecule has 0 atom stereocenters. The third-order valence-electron chi connectivity index (χ3n) is 6.18. The van der Waals surface area contributed by atoms with Gasteiger partial charge >= 0.3 is 0 Å². The molecule has 6 aromatic rings. The van der Waals surface area contributed by atoms with Gasteiger partial charge in [0, 0.05) is 32.5 Å². The molecule has 0 fully saturated rings. The molecule has 4 aromatic heterocycles. The molecule has 2 aromatic carbocycles. The van der Waals surface area contributed by atoms with Crippen LogP contribution < -0.4 is 4.74 Å². The van der Waals surface area contributed by atoms with Crippen LogP contribution in [0.15, 0.2) is 94.1 Å². The average molecular weight is 636 g/mol. The minimum absolute atomic E-state index is 0. The van der Waals surface area contributed by atoms with Crippen LogP contribution >= 0.6 is 31.9 Å². The Bertz CT molecular complexity index is 1780. The summed E-state index contributed by atoms with van der Waals surface area (Å²) in [6.07, 6.45) is 3.86. The maximum Gasteiger partial charge on any atom is 0.137 e. The van der Waals surface area contributed by atoms with E-state index in [1.165, 1.54) is 0 Å². The lowest BCUT2D eigenvalue weighted by atomic mass is 10.1. The predicted octanol–water partition coefficient (Wildman–Crippen LogP) is 7.25. The Morgan fingerprint density at radius 2 is 1.42 bits per heavy atom. The first-order valence-corrected chi connectivity index (χ1v) is 13.1. The molecule has 2 N–H and O–H groups in total. The van der Waals surface area contributed by atoms with Crippen molar-refractivity contribution in [2.24, 2.45) is 0 Å². The predicted molar refractivity (Wildman–Crippen MR) is 155 cm³/mol. The third kappa shape index (κ3) is 4.57. The quantitative estimate of drug-likeness (QED) is 0.209. The number of pyridine rings is 2. The molecule has 0 radical (unpaired) electrons. The van der Waals surface area contributed by atoms with Crippen molar-refractivity contribution < 1.29 is 14.9 Å². The molecule has 1 aliphatic rings. The number of aliphatic hydroxyl groups is 1. The highest BCUT2D eigenvalue weighted by Crippen LogP contribution is 2.39. The number of aromatic hydroxyl groups is 1. The van der Waals surface area contributed by atoms with Crippen molar-refractivity contribution in [2.45, 2.75) is 20.6 Å². The van der Waals surface area contributed by atoms with Gasteiger partial charge in [-0.25, -0.2) is 9.97 Å². The molecular formula is C29H24Br2N4O3. The number of aromatic nitrogens is 4. The minimum Gasteiger partial charge on any atom is -0.507 e. The molecule has 0 aliphatic carbocycles. The molecule has 0 saturated carbocycles. The number of phenolic OH excluding ortho intramolecular Hbond substituents is 1. The number of phenols is 1. The number of hydrogen-bond acceptors (Lipinski definition) is 5. The summed E-state index contributed by atoms with van der Waals surface area (Å²) in [5.41, 5.74) is 6.72. The lowest BCUT2D eigenvalue weighted by Gasteiger charge is -2.17. The first-order valence-electron chi connectivity index (χ1n) is 11.5. The normalized spacial score (nSPS) is 11.7.